The molecule has 1 unspecified atom stereocenters. The first-order chi connectivity index (χ1) is 20.0. The third-order valence-corrected chi connectivity index (χ3v) is 8.35. The summed E-state index contributed by atoms with van der Waals surface area (Å²) >= 11 is 3.54. The molecule has 1 saturated heterocycles. The van der Waals surface area contributed by atoms with Gasteiger partial charge in [0, 0.05) is 11.5 Å². The number of nitrogens with one attached hydrogen (secondary N) is 1. The summed E-state index contributed by atoms with van der Waals surface area (Å²) in [5.74, 6) is -2.91. The first-order valence-electron chi connectivity index (χ1n) is 12.1. The molecular formula is C22H22N10O7S3. The Morgan fingerprint density at radius 3 is 2.81 bits per heavy atom. The summed E-state index contributed by atoms with van der Waals surface area (Å²) in [4.78, 5) is 60.6. The quantitative estimate of drug-likeness (QED) is 0.0983. The zero-order valence-corrected chi connectivity index (χ0v) is 24.6. The lowest BCUT2D eigenvalue weighted by Crippen LogP contribution is -2.71. The predicted molar refractivity (Wildman–Crippen MR) is 147 cm³/mol. The molecule has 0 spiro atoms. The van der Waals surface area contributed by atoms with Crippen molar-refractivity contribution in [1.82, 2.24) is 44.8 Å². The number of hydrogen-bond acceptors (Lipinski definition) is 16. The highest BCUT2D eigenvalue weighted by atomic mass is 32.2. The van der Waals surface area contributed by atoms with Gasteiger partial charge in [-0.1, -0.05) is 5.16 Å². The highest BCUT2D eigenvalue weighted by Crippen LogP contribution is 2.41. The number of fused-ring (bicyclic) bond motifs is 2. The maximum atomic E-state index is 13.1. The Bertz CT molecular complexity index is 1600. The molecule has 3 aromatic heterocycles. The van der Waals surface area contributed by atoms with E-state index in [9.17, 15) is 24.3 Å². The van der Waals surface area contributed by atoms with Crippen molar-refractivity contribution >= 4 is 70.2 Å². The summed E-state index contributed by atoms with van der Waals surface area (Å²) in [6.45, 7) is 4.50. The Kier molecular flexibility index (Phi) is 8.36. The van der Waals surface area contributed by atoms with Gasteiger partial charge in [0.15, 0.2) is 5.65 Å². The number of nitrogens with zero attached hydrogens (tertiary/aromatic N) is 9. The average Bonchev–Trinajstić information content (AvgIpc) is 3.63. The van der Waals surface area contributed by atoms with Crippen molar-refractivity contribution in [3.63, 3.8) is 0 Å². The summed E-state index contributed by atoms with van der Waals surface area (Å²) in [5, 5.41) is 31.5. The summed E-state index contributed by atoms with van der Waals surface area (Å²) in [6.07, 6.45) is 0. The second-order valence-corrected chi connectivity index (χ2v) is 12.4. The highest BCUT2D eigenvalue weighted by Gasteiger charge is 2.54. The van der Waals surface area contributed by atoms with Crippen LogP contribution in [0.25, 0.3) is 5.65 Å². The van der Waals surface area contributed by atoms with E-state index in [2.05, 4.69) is 40.5 Å². The third kappa shape index (κ3) is 6.34. The van der Waals surface area contributed by atoms with Crippen molar-refractivity contribution in [1.29, 1.82) is 0 Å². The smallest absolute Gasteiger partial charge is 0.352 e. The number of carbonyl (C=O) groups excluding carboxylic acids is 3. The number of tetrazole rings is 1. The van der Waals surface area contributed by atoms with Crippen LogP contribution in [0.15, 0.2) is 39.1 Å². The van der Waals surface area contributed by atoms with Gasteiger partial charge in [-0.15, -0.1) is 38.4 Å². The average molecular weight is 635 g/mol. The zero-order chi connectivity index (χ0) is 30.0. The molecule has 17 nitrogen and oxygen atoms in total. The highest BCUT2D eigenvalue weighted by molar-refractivity contribution is 8.01. The summed E-state index contributed by atoms with van der Waals surface area (Å²) in [5.41, 5.74) is 1.13. The van der Waals surface area contributed by atoms with Crippen LogP contribution in [0, 0.1) is 0 Å². The fraction of sp³-hybridized carbons (Fsp3) is 0.409. The number of amides is 2. The van der Waals surface area contributed by atoms with Crippen LogP contribution in [0.4, 0.5) is 0 Å². The minimum absolute atomic E-state index is 0.0690. The molecule has 1 fully saturated rings. The van der Waals surface area contributed by atoms with E-state index in [0.29, 0.717) is 22.0 Å². The Morgan fingerprint density at radius 1 is 1.29 bits per heavy atom. The number of β-lactam (4-membered cyclic amide) rings is 1. The van der Waals surface area contributed by atoms with Crippen molar-refractivity contribution in [2.75, 3.05) is 18.1 Å². The molecule has 2 aliphatic rings. The topological polar surface area (TPSA) is 216 Å². The van der Waals surface area contributed by atoms with Crippen LogP contribution < -0.4 is 5.32 Å². The fourth-order valence-corrected chi connectivity index (χ4v) is 6.62. The molecular weight excluding hydrogens is 613 g/mol. The van der Waals surface area contributed by atoms with Gasteiger partial charge in [-0.2, -0.15) is 4.37 Å². The number of hydrogen-bond donors (Lipinski definition) is 2. The number of carbonyl (C=O) groups is 4. The van der Waals surface area contributed by atoms with Gasteiger partial charge in [-0.25, -0.2) is 14.6 Å². The lowest BCUT2D eigenvalue weighted by Gasteiger charge is -2.49. The third-order valence-electron chi connectivity index (χ3n) is 5.52. The number of carboxylic acid groups (broad SMARTS) is 1. The van der Waals surface area contributed by atoms with Gasteiger partial charge in [0.05, 0.1) is 0 Å². The Morgan fingerprint density at radius 2 is 2.10 bits per heavy atom. The fourth-order valence-electron chi connectivity index (χ4n) is 3.85. The molecule has 0 aliphatic carbocycles. The Labute approximate surface area is 249 Å². The first-order valence-corrected chi connectivity index (χ1v) is 15.0. The van der Waals surface area contributed by atoms with Gasteiger partial charge in [0.1, 0.15) is 33.3 Å². The van der Waals surface area contributed by atoms with E-state index in [1.165, 1.54) is 33.7 Å². The van der Waals surface area contributed by atoms with E-state index >= 15 is 0 Å². The van der Waals surface area contributed by atoms with Crippen LogP contribution in [0.1, 0.15) is 26.6 Å². The standard InChI is InChI=1S/C22H22N10O7S3/c1-22(2,3)39-13(33)6-38-27-14(17-23-9-42-28-17)18(34)24-15-19(35)31-16(21(36)37)10(8-41-20(15)31)7-40-12-5-4-11-25-29-30-32(11)26-12/h4-5,9,15,20H,6-8H2,1-3H3,(H,24,34)(H,36,37)/b27-14-/t15?,20-/m1/s1. The van der Waals surface area contributed by atoms with Crippen molar-refractivity contribution in [3.05, 3.63) is 34.7 Å². The van der Waals surface area contributed by atoms with Gasteiger partial charge in [0.25, 0.3) is 11.8 Å². The summed E-state index contributed by atoms with van der Waals surface area (Å²) in [6, 6.07) is 2.36. The molecule has 42 heavy (non-hydrogen) atoms. The number of carboxylic acids is 1. The molecule has 2 atom stereocenters. The Balaban J connectivity index is 1.26. The molecule has 0 aromatic carbocycles. The molecule has 5 heterocycles. The number of thioether (sulfide) groups is 2. The molecule has 5 rings (SSSR count). The van der Waals surface area contributed by atoms with E-state index in [-0.39, 0.29) is 23.0 Å². The van der Waals surface area contributed by atoms with Gasteiger partial charge in [0.2, 0.25) is 18.1 Å². The van der Waals surface area contributed by atoms with E-state index < -0.39 is 47.4 Å². The van der Waals surface area contributed by atoms with E-state index in [1.807, 2.05) is 0 Å². The summed E-state index contributed by atoms with van der Waals surface area (Å²) < 4.78 is 10.4. The lowest BCUT2D eigenvalue weighted by molar-refractivity contribution is -0.160. The number of rotatable bonds is 10. The minimum Gasteiger partial charge on any atom is -0.477 e. The molecule has 2 amide bonds. The van der Waals surface area contributed by atoms with E-state index in [0.717, 1.165) is 16.4 Å². The number of esters is 1. The van der Waals surface area contributed by atoms with Crippen molar-refractivity contribution < 1.29 is 33.9 Å². The number of oxime groups is 1. The lowest BCUT2D eigenvalue weighted by atomic mass is 10.0. The summed E-state index contributed by atoms with van der Waals surface area (Å²) in [7, 11) is 0. The van der Waals surface area contributed by atoms with Crippen molar-refractivity contribution in [3.8, 4) is 0 Å². The monoisotopic (exact) mass is 634 g/mol. The van der Waals surface area contributed by atoms with Crippen LogP contribution in [-0.2, 0) is 28.8 Å². The maximum Gasteiger partial charge on any atom is 0.352 e. The minimum atomic E-state index is -1.26. The van der Waals surface area contributed by atoms with E-state index in [1.54, 1.807) is 32.9 Å². The number of aromatic nitrogens is 7. The maximum absolute atomic E-state index is 13.1. The van der Waals surface area contributed by atoms with Crippen LogP contribution in [0.3, 0.4) is 0 Å². The SMILES string of the molecule is CC(C)(C)OC(=O)CO/N=C(\C(=O)NC1C(=O)N2C(C(=O)O)=C(CSc3ccc4nnnn4n3)CS[C@H]12)c1ncsn1. The van der Waals surface area contributed by atoms with Gasteiger partial charge in [-0.3, -0.25) is 14.5 Å². The normalized spacial score (nSPS) is 18.9. The second-order valence-electron chi connectivity index (χ2n) is 9.66. The molecule has 0 radical (unpaired) electrons. The molecule has 220 valence electrons. The molecule has 3 aromatic rings. The van der Waals surface area contributed by atoms with Crippen LogP contribution in [0.2, 0.25) is 0 Å². The van der Waals surface area contributed by atoms with Gasteiger partial charge >= 0.3 is 11.9 Å². The van der Waals surface area contributed by atoms with Gasteiger partial charge in [-0.05, 0) is 60.4 Å². The van der Waals surface area contributed by atoms with Crippen molar-refractivity contribution in [2.45, 2.75) is 42.8 Å². The van der Waals surface area contributed by atoms with Crippen LogP contribution in [-0.4, -0.2) is 109 Å². The molecule has 2 N–H and O–H groups in total. The van der Waals surface area contributed by atoms with Crippen LogP contribution >= 0.6 is 35.1 Å². The zero-order valence-electron chi connectivity index (χ0n) is 22.2. The van der Waals surface area contributed by atoms with Gasteiger partial charge < -0.3 is 20.0 Å². The van der Waals surface area contributed by atoms with Crippen molar-refractivity contribution in [2.24, 2.45) is 5.16 Å². The number of aliphatic carboxylic acids is 1. The molecule has 20 heteroatoms. The van der Waals surface area contributed by atoms with Crippen LogP contribution in [0.5, 0.6) is 0 Å². The predicted octanol–water partition coefficient (Wildman–Crippen LogP) is -0.0359. The second kappa shape index (κ2) is 12.0. The first kappa shape index (κ1) is 29.3. The molecule has 2 aliphatic heterocycles. The largest absolute Gasteiger partial charge is 0.477 e. The molecule has 0 saturated carbocycles. The van der Waals surface area contributed by atoms with E-state index in [4.69, 9.17) is 9.57 Å². The Hall–Kier alpha value is -4.17. The number of ether oxygens (including phenoxy) is 1. The molecule has 0 bridgehead atoms.